The van der Waals surface area contributed by atoms with E-state index in [1.165, 1.54) is 225 Å². The first-order valence-corrected chi connectivity index (χ1v) is 20.5. The molecule has 0 saturated heterocycles. The van der Waals surface area contributed by atoms with Crippen LogP contribution in [0.3, 0.4) is 0 Å². The Balaban J connectivity index is 2.17. The third-order valence-electron chi connectivity index (χ3n) is 10.1. The van der Waals surface area contributed by atoms with E-state index in [-0.39, 0.29) is 0 Å². The number of nitrogens with zero attached hydrogens (tertiary/aromatic N) is 2. The maximum absolute atomic E-state index is 2.72. The van der Waals surface area contributed by atoms with Crippen molar-refractivity contribution < 1.29 is 0 Å². The highest BCUT2D eigenvalue weighted by molar-refractivity contribution is 4.97. The average molecular weight is 603 g/mol. The van der Waals surface area contributed by atoms with Crippen molar-refractivity contribution in [2.75, 3.05) is 13.1 Å². The van der Waals surface area contributed by atoms with Crippen LogP contribution < -0.4 is 0 Å². The van der Waals surface area contributed by atoms with Gasteiger partial charge >= 0.3 is 0 Å². The zero-order valence-electron chi connectivity index (χ0n) is 30.4. The molecule has 1 unspecified atom stereocenters. The Morgan fingerprint density at radius 2 is 0.535 bits per heavy atom. The maximum Gasteiger partial charge on any atom is 0.101 e. The minimum absolute atomic E-state index is 0.640. The zero-order valence-corrected chi connectivity index (χ0v) is 30.4. The molecule has 0 aromatic heterocycles. The molecule has 1 aliphatic heterocycles. The fourth-order valence-corrected chi connectivity index (χ4v) is 7.07. The van der Waals surface area contributed by atoms with Gasteiger partial charge in [0.05, 0.1) is 0 Å². The summed E-state index contributed by atoms with van der Waals surface area (Å²) >= 11 is 0. The van der Waals surface area contributed by atoms with Gasteiger partial charge in [-0.25, -0.2) is 0 Å². The molecule has 0 radical (unpaired) electrons. The predicted octanol–water partition coefficient (Wildman–Crippen LogP) is 14.3. The highest BCUT2D eigenvalue weighted by atomic mass is 15.4. The molecule has 0 aromatic rings. The summed E-state index contributed by atoms with van der Waals surface area (Å²) in [7, 11) is 0. The lowest BCUT2D eigenvalue weighted by atomic mass is 10.0. The van der Waals surface area contributed by atoms with Gasteiger partial charge in [0.25, 0.3) is 0 Å². The van der Waals surface area contributed by atoms with Gasteiger partial charge in [0.2, 0.25) is 0 Å². The fraction of sp³-hybridized carbons (Fsp3) is 0.951. The highest BCUT2D eigenvalue weighted by Gasteiger charge is 2.24. The van der Waals surface area contributed by atoms with E-state index in [9.17, 15) is 0 Å². The summed E-state index contributed by atoms with van der Waals surface area (Å²) < 4.78 is 0. The third kappa shape index (κ3) is 25.2. The van der Waals surface area contributed by atoms with Crippen molar-refractivity contribution in [3.8, 4) is 0 Å². The fourth-order valence-electron chi connectivity index (χ4n) is 7.07. The van der Waals surface area contributed by atoms with E-state index < -0.39 is 0 Å². The van der Waals surface area contributed by atoms with Crippen LogP contribution in [0.2, 0.25) is 0 Å². The Labute approximate surface area is 273 Å². The van der Waals surface area contributed by atoms with Crippen LogP contribution in [0, 0.1) is 0 Å². The average Bonchev–Trinajstić information content (AvgIpc) is 3.40. The quantitative estimate of drug-likeness (QED) is 0.0666. The van der Waals surface area contributed by atoms with Gasteiger partial charge in [0, 0.05) is 25.5 Å². The molecule has 2 heteroatoms. The normalized spacial score (nSPS) is 14.9. The molecule has 1 atom stereocenters. The molecule has 1 heterocycles. The van der Waals surface area contributed by atoms with Crippen molar-refractivity contribution in [2.45, 2.75) is 239 Å². The van der Waals surface area contributed by atoms with E-state index >= 15 is 0 Å². The first kappa shape index (κ1) is 40.4. The molecule has 0 N–H and O–H groups in total. The van der Waals surface area contributed by atoms with Crippen LogP contribution in [0.4, 0.5) is 0 Å². The van der Waals surface area contributed by atoms with Gasteiger partial charge < -0.3 is 9.80 Å². The van der Waals surface area contributed by atoms with Crippen molar-refractivity contribution in [3.63, 3.8) is 0 Å². The Morgan fingerprint density at radius 1 is 0.302 bits per heavy atom. The maximum atomic E-state index is 2.72. The molecule has 2 nitrogen and oxygen atoms in total. The lowest BCUT2D eigenvalue weighted by Crippen LogP contribution is -2.39. The monoisotopic (exact) mass is 603 g/mol. The molecule has 256 valence electrons. The number of rotatable bonds is 35. The van der Waals surface area contributed by atoms with Gasteiger partial charge in [-0.1, -0.05) is 207 Å². The van der Waals surface area contributed by atoms with Gasteiger partial charge in [-0.05, 0) is 25.7 Å². The number of hydrogen-bond donors (Lipinski definition) is 0. The van der Waals surface area contributed by atoms with Crippen LogP contribution in [0.15, 0.2) is 12.4 Å². The van der Waals surface area contributed by atoms with E-state index in [0.29, 0.717) is 6.17 Å². The van der Waals surface area contributed by atoms with Crippen molar-refractivity contribution in [2.24, 2.45) is 0 Å². The van der Waals surface area contributed by atoms with Crippen LogP contribution in [0.25, 0.3) is 0 Å². The largest absolute Gasteiger partial charge is 0.356 e. The lowest BCUT2D eigenvalue weighted by molar-refractivity contribution is 0.135. The van der Waals surface area contributed by atoms with Crippen LogP contribution in [0.5, 0.6) is 0 Å². The number of hydrogen-bond acceptors (Lipinski definition) is 2. The van der Waals surface area contributed by atoms with Crippen molar-refractivity contribution in [1.29, 1.82) is 0 Å². The zero-order chi connectivity index (χ0) is 30.9. The van der Waals surface area contributed by atoms with Crippen molar-refractivity contribution in [1.82, 2.24) is 9.80 Å². The molecule has 0 aliphatic carbocycles. The SMILES string of the molecule is CCCCCCCCCCCCCCCCC1N(CCCCCCCC)C=CN1CCCCCCCCCCCCCC. The molecule has 1 rings (SSSR count). The van der Waals surface area contributed by atoms with Gasteiger partial charge in [-0.3, -0.25) is 0 Å². The van der Waals surface area contributed by atoms with Gasteiger partial charge in [-0.15, -0.1) is 0 Å². The van der Waals surface area contributed by atoms with Crippen LogP contribution in [-0.2, 0) is 0 Å². The van der Waals surface area contributed by atoms with E-state index in [4.69, 9.17) is 0 Å². The second kappa shape index (κ2) is 32.7. The second-order valence-electron chi connectivity index (χ2n) is 14.3. The Morgan fingerprint density at radius 3 is 0.814 bits per heavy atom. The summed E-state index contributed by atoms with van der Waals surface area (Å²) in [6.07, 6.45) is 52.9. The first-order valence-electron chi connectivity index (χ1n) is 20.5. The molecular weight excluding hydrogens is 520 g/mol. The minimum atomic E-state index is 0.640. The van der Waals surface area contributed by atoms with Crippen LogP contribution in [0.1, 0.15) is 233 Å². The molecule has 0 saturated carbocycles. The standard InChI is InChI=1S/C41H82N2/c1-4-7-10-13-16-18-20-22-23-24-26-28-30-33-36-41-42(37-34-31-15-12-9-6-3)39-40-43(41)38-35-32-29-27-25-21-19-17-14-11-8-5-2/h39-41H,4-38H2,1-3H3. The Hall–Kier alpha value is -0.660. The molecule has 0 spiro atoms. The minimum Gasteiger partial charge on any atom is -0.356 e. The molecule has 1 aliphatic rings. The van der Waals surface area contributed by atoms with Gasteiger partial charge in [-0.2, -0.15) is 0 Å². The van der Waals surface area contributed by atoms with Crippen molar-refractivity contribution in [3.05, 3.63) is 12.4 Å². The molecule has 0 aromatic carbocycles. The molecule has 0 bridgehead atoms. The highest BCUT2D eigenvalue weighted by Crippen LogP contribution is 2.24. The molecular formula is C41H82N2. The lowest BCUT2D eigenvalue weighted by Gasteiger charge is -2.33. The Kier molecular flexibility index (Phi) is 30.7. The molecule has 0 amide bonds. The van der Waals surface area contributed by atoms with Crippen LogP contribution in [-0.4, -0.2) is 29.1 Å². The van der Waals surface area contributed by atoms with Gasteiger partial charge in [0.1, 0.15) is 6.17 Å². The van der Waals surface area contributed by atoms with E-state index in [1.54, 1.807) is 0 Å². The second-order valence-corrected chi connectivity index (χ2v) is 14.3. The third-order valence-corrected chi connectivity index (χ3v) is 10.1. The predicted molar refractivity (Wildman–Crippen MR) is 196 cm³/mol. The summed E-state index contributed by atoms with van der Waals surface area (Å²) in [5.41, 5.74) is 0. The van der Waals surface area contributed by atoms with E-state index in [0.717, 1.165) is 0 Å². The van der Waals surface area contributed by atoms with Gasteiger partial charge in [0.15, 0.2) is 0 Å². The molecule has 43 heavy (non-hydrogen) atoms. The smallest absolute Gasteiger partial charge is 0.101 e. The summed E-state index contributed by atoms with van der Waals surface area (Å²) in [5, 5.41) is 0. The molecule has 0 fully saturated rings. The van der Waals surface area contributed by atoms with Crippen molar-refractivity contribution >= 4 is 0 Å². The number of unbranched alkanes of at least 4 members (excludes halogenated alkanes) is 29. The summed E-state index contributed by atoms with van der Waals surface area (Å²) in [6, 6.07) is 0. The topological polar surface area (TPSA) is 6.48 Å². The Bertz CT molecular complexity index is 558. The van der Waals surface area contributed by atoms with E-state index in [1.807, 2.05) is 0 Å². The first-order chi connectivity index (χ1) is 21.3. The van der Waals surface area contributed by atoms with E-state index in [2.05, 4.69) is 43.0 Å². The van der Waals surface area contributed by atoms with Crippen LogP contribution >= 0.6 is 0 Å². The summed E-state index contributed by atoms with van der Waals surface area (Å²) in [5.74, 6) is 0. The summed E-state index contributed by atoms with van der Waals surface area (Å²) in [4.78, 5) is 5.43. The summed E-state index contributed by atoms with van der Waals surface area (Å²) in [6.45, 7) is 9.48.